The fourth-order valence-electron chi connectivity index (χ4n) is 13.3. The summed E-state index contributed by atoms with van der Waals surface area (Å²) in [6.45, 7) is 11.3. The molecule has 0 radical (unpaired) electrons. The highest BCUT2D eigenvalue weighted by Crippen LogP contribution is 2.37. The first-order valence-electron chi connectivity index (χ1n) is 34.6. The van der Waals surface area contributed by atoms with Gasteiger partial charge in [-0.05, 0) is 93.5 Å². The Morgan fingerprint density at radius 2 is 1.22 bits per heavy atom. The molecule has 3 aromatic carbocycles. The molecule has 3 fully saturated rings. The van der Waals surface area contributed by atoms with Crippen molar-refractivity contribution < 1.29 is 70.7 Å². The molecule has 2 aliphatic heterocycles. The van der Waals surface area contributed by atoms with Crippen molar-refractivity contribution in [3.05, 3.63) is 106 Å². The molecule has 24 nitrogen and oxygen atoms in total. The van der Waals surface area contributed by atoms with E-state index in [4.69, 9.17) is 11.6 Å². The van der Waals surface area contributed by atoms with Gasteiger partial charge in [-0.2, -0.15) is 13.2 Å². The van der Waals surface area contributed by atoms with Gasteiger partial charge in [-0.15, -0.1) is 0 Å². The molecule has 28 heteroatoms. The zero-order valence-corrected chi connectivity index (χ0v) is 61.9. The third-order valence-corrected chi connectivity index (χ3v) is 21.1. The maximum atomic E-state index is 15.6. The number of alkyl halides is 3. The van der Waals surface area contributed by atoms with Crippen LogP contribution in [-0.4, -0.2) is 251 Å². The van der Waals surface area contributed by atoms with E-state index in [1.807, 2.05) is 19.1 Å². The molecule has 101 heavy (non-hydrogen) atoms. The summed E-state index contributed by atoms with van der Waals surface area (Å²) in [7, 11) is 12.5. The number of carbonyl (C=O) groups excluding carboxylic acids is 12. The van der Waals surface area contributed by atoms with Crippen molar-refractivity contribution in [2.75, 3.05) is 76.5 Å². The average molecular weight is 1430 g/mol. The van der Waals surface area contributed by atoms with Gasteiger partial charge >= 0.3 is 6.18 Å². The van der Waals surface area contributed by atoms with Crippen LogP contribution in [0.25, 0.3) is 0 Å². The maximum Gasteiger partial charge on any atom is 0.417 e. The zero-order valence-electron chi connectivity index (χ0n) is 61.1. The largest absolute Gasteiger partial charge is 0.417 e. The number of likely N-dealkylation sites (N-methyl/N-ethyl adjacent to an activating group) is 8. The number of fused-ring (bicyclic) bond motifs is 1. The normalized spacial score (nSPS) is 25.2. The lowest BCUT2D eigenvalue weighted by Gasteiger charge is -2.45. The van der Waals surface area contributed by atoms with Crippen molar-refractivity contribution in [1.82, 2.24) is 60.0 Å². The molecule has 3 N–H and O–H groups in total. The summed E-state index contributed by atoms with van der Waals surface area (Å²) in [6, 6.07) is 7.08. The van der Waals surface area contributed by atoms with Gasteiger partial charge in [0.25, 0.3) is 0 Å². The van der Waals surface area contributed by atoms with Crippen LogP contribution in [0.1, 0.15) is 127 Å². The van der Waals surface area contributed by atoms with Crippen molar-refractivity contribution in [3.63, 3.8) is 0 Å². The van der Waals surface area contributed by atoms with E-state index < -0.39 is 172 Å². The third kappa shape index (κ3) is 19.3. The Labute approximate surface area is 596 Å². The van der Waals surface area contributed by atoms with Gasteiger partial charge in [-0.25, -0.2) is 0 Å². The summed E-state index contributed by atoms with van der Waals surface area (Å²) in [6.07, 6.45) is -4.06. The van der Waals surface area contributed by atoms with E-state index in [0.717, 1.165) is 37.3 Å². The average Bonchev–Trinajstić information content (AvgIpc) is 1.25. The molecule has 1 aliphatic carbocycles. The second-order valence-electron chi connectivity index (χ2n) is 27.9. The molecule has 0 bridgehead atoms. The van der Waals surface area contributed by atoms with Gasteiger partial charge < -0.3 is 60.0 Å². The summed E-state index contributed by atoms with van der Waals surface area (Å²) in [5.74, 6) is -9.79. The van der Waals surface area contributed by atoms with Crippen molar-refractivity contribution in [2.24, 2.45) is 11.8 Å². The Morgan fingerprint density at radius 1 is 0.644 bits per heavy atom. The molecular weight excluding hydrogens is 1330 g/mol. The number of nitrogens with zero attached hydrogens (tertiary/aromatic N) is 9. The molecule has 1 saturated carbocycles. The number of amides is 12. The number of carbonyl (C=O) groups is 12. The van der Waals surface area contributed by atoms with Gasteiger partial charge in [0, 0.05) is 82.8 Å². The predicted octanol–water partition coefficient (Wildman–Crippen LogP) is 5.13. The quantitative estimate of drug-likeness (QED) is 0.213. The lowest BCUT2D eigenvalue weighted by atomic mass is 9.90. The van der Waals surface area contributed by atoms with Gasteiger partial charge in [0.1, 0.15) is 59.9 Å². The van der Waals surface area contributed by atoms with Gasteiger partial charge in [0.15, 0.2) is 0 Å². The maximum absolute atomic E-state index is 15.6. The number of halogens is 4. The second-order valence-corrected chi connectivity index (χ2v) is 28.3. The van der Waals surface area contributed by atoms with Crippen LogP contribution in [0.3, 0.4) is 0 Å². The Balaban J connectivity index is 1.48. The van der Waals surface area contributed by atoms with E-state index in [0.29, 0.717) is 36.8 Å². The molecule has 554 valence electrons. The second kappa shape index (κ2) is 34.8. The molecule has 3 aliphatic rings. The Morgan fingerprint density at radius 3 is 1.77 bits per heavy atom. The monoisotopic (exact) mass is 1430 g/mol. The lowest BCUT2D eigenvalue weighted by molar-refractivity contribution is -0.160. The standard InChI is InChI=1S/C73H102ClF3N12O12/c1-17-44(4)60-69(99)84(12)47(7)64(94)89-37-34-54(89)68(98)86(14)56(40-50-28-26-43(3)27-29-50)67(97)82(10)42-58(90)78-53(33-31-49-30-32-51(52(74)38-49)73(75,76)77)65(95)85(13)55(39-48-24-20-19-21-25-48)63(93)80-72(35-22-23-36-72)71(101)88(16)61(45(5)18-2)70(100)87(15)57(66(96)81(8)9)41-59(91)83(11)46(6)62(92)79-60/h19-21,24-30,32,38,44-47,53-57,60-61H,17-18,22-23,31,33-37,39-42H2,1-16H3,(H,78,90)(H,79,92)(H,80,93)/t44-,45-,46-,47-,53-,54?,55+,56-,57-,60-,61-/m0/s1. The van der Waals surface area contributed by atoms with Crippen molar-refractivity contribution in [3.8, 4) is 0 Å². The number of hydrogen-bond donors (Lipinski definition) is 3. The minimum Gasteiger partial charge on any atom is -0.347 e. The van der Waals surface area contributed by atoms with Crippen molar-refractivity contribution in [1.29, 1.82) is 0 Å². The smallest absolute Gasteiger partial charge is 0.347 e. The van der Waals surface area contributed by atoms with Crippen LogP contribution < -0.4 is 16.0 Å². The minimum absolute atomic E-state index is 0.0624. The molecule has 2 saturated heterocycles. The molecular formula is C73H102ClF3N12O12. The highest BCUT2D eigenvalue weighted by atomic mass is 35.5. The van der Waals surface area contributed by atoms with E-state index in [-0.39, 0.29) is 57.1 Å². The number of aryl methyl sites for hydroxylation is 2. The van der Waals surface area contributed by atoms with Crippen molar-refractivity contribution in [2.45, 2.75) is 192 Å². The summed E-state index contributed by atoms with van der Waals surface area (Å²) in [4.78, 5) is 189. The zero-order chi connectivity index (χ0) is 75.4. The molecule has 1 unspecified atom stereocenters. The number of nitrogens with one attached hydrogen (secondary N) is 3. The highest BCUT2D eigenvalue weighted by molar-refractivity contribution is 6.31. The number of rotatable bonds is 12. The van der Waals surface area contributed by atoms with Crippen LogP contribution in [0.4, 0.5) is 13.2 Å². The first kappa shape index (κ1) is 81.3. The van der Waals surface area contributed by atoms with E-state index in [2.05, 4.69) is 16.0 Å². The van der Waals surface area contributed by atoms with Gasteiger partial charge in [0.2, 0.25) is 70.9 Å². The summed E-state index contributed by atoms with van der Waals surface area (Å²) >= 11 is 6.18. The van der Waals surface area contributed by atoms with E-state index in [1.54, 1.807) is 70.2 Å². The Hall–Kier alpha value is -8.62. The van der Waals surface area contributed by atoms with Gasteiger partial charge in [-0.1, -0.05) is 131 Å². The van der Waals surface area contributed by atoms with Crippen molar-refractivity contribution >= 4 is 82.5 Å². The molecule has 11 atom stereocenters. The van der Waals surface area contributed by atoms with E-state index in [1.165, 1.54) is 108 Å². The fourth-order valence-corrected chi connectivity index (χ4v) is 13.6. The van der Waals surface area contributed by atoms with Crippen LogP contribution in [0.2, 0.25) is 5.02 Å². The van der Waals surface area contributed by atoms with Crippen LogP contribution in [0, 0.1) is 18.8 Å². The topological polar surface area (TPSA) is 270 Å². The first-order valence-corrected chi connectivity index (χ1v) is 34.9. The fraction of sp³-hybridized carbons (Fsp3) is 0.589. The SMILES string of the molecule is CC[C@H](C)[C@@H]1NC(=O)[C@H](C)N(C)C(=O)C[C@@H](C(=O)N(C)C)N(C)C(=O)[C@H]([C@@H](C)CC)N(C)C(=O)C2(CCCC2)NC(=O)[C@@H](Cc2ccccc2)N(C)C(=O)[C@H](CCc2ccc(C(F)(F)F)c(Cl)c2)NC(=O)CN(C)C(=O)[C@H](Cc2ccc(C)cc2)N(C)C(=O)C2CCN2C(=O)[C@H](C)N(C)C1=O. The van der Waals surface area contributed by atoms with Crippen LogP contribution in [-0.2, 0) is 83.0 Å². The lowest BCUT2D eigenvalue weighted by Crippen LogP contribution is -2.65. The van der Waals surface area contributed by atoms with Crippen LogP contribution in [0.5, 0.6) is 0 Å². The molecule has 12 amide bonds. The summed E-state index contributed by atoms with van der Waals surface area (Å²) in [5, 5.41) is 7.95. The molecule has 0 aromatic heterocycles. The van der Waals surface area contributed by atoms with E-state index >= 15 is 24.0 Å². The molecule has 2 heterocycles. The minimum atomic E-state index is -4.79. The third-order valence-electron chi connectivity index (χ3n) is 20.8. The van der Waals surface area contributed by atoms with E-state index in [9.17, 15) is 46.7 Å². The summed E-state index contributed by atoms with van der Waals surface area (Å²) in [5.41, 5.74) is -0.402. The van der Waals surface area contributed by atoms with Crippen LogP contribution >= 0.6 is 11.6 Å². The molecule has 1 spiro atoms. The highest BCUT2D eigenvalue weighted by Gasteiger charge is 2.51. The summed E-state index contributed by atoms with van der Waals surface area (Å²) < 4.78 is 41.8. The molecule has 6 rings (SSSR count). The number of hydrogen-bond acceptors (Lipinski definition) is 12. The first-order chi connectivity index (χ1) is 47.3. The molecule has 3 aromatic rings. The predicted molar refractivity (Wildman–Crippen MR) is 374 cm³/mol. The Bertz CT molecular complexity index is 3520. The van der Waals surface area contributed by atoms with Gasteiger partial charge in [0.05, 0.1) is 23.6 Å². The van der Waals surface area contributed by atoms with Crippen LogP contribution in [0.15, 0.2) is 72.8 Å². The number of benzene rings is 3. The van der Waals surface area contributed by atoms with Gasteiger partial charge in [-0.3, -0.25) is 57.5 Å². The Kier molecular flexibility index (Phi) is 28.1.